The average molecular weight is 350 g/mol. The molecule has 0 atom stereocenters. The fraction of sp³-hybridized carbons (Fsp3) is 0.364. The molecule has 0 spiro atoms. The van der Waals surface area contributed by atoms with Gasteiger partial charge >= 0.3 is 0 Å². The number of aliphatic imine (C=N–C) groups is 2. The fourth-order valence-corrected chi connectivity index (χ4v) is 2.57. The van der Waals surface area contributed by atoms with E-state index in [1.165, 1.54) is 5.56 Å². The van der Waals surface area contributed by atoms with E-state index >= 15 is 0 Å². The summed E-state index contributed by atoms with van der Waals surface area (Å²) < 4.78 is 0. The summed E-state index contributed by atoms with van der Waals surface area (Å²) in [5, 5.41) is 0. The van der Waals surface area contributed by atoms with Crippen LogP contribution in [0.5, 0.6) is 0 Å². The molecule has 0 N–H and O–H groups in total. The maximum absolute atomic E-state index is 10.3. The second-order valence-electron chi connectivity index (χ2n) is 7.35. The summed E-state index contributed by atoms with van der Waals surface area (Å²) in [6, 6.07) is 9.86. The summed E-state index contributed by atoms with van der Waals surface area (Å²) in [5.74, 6) is 0. The average Bonchev–Trinajstić information content (AvgIpc) is 2.54. The van der Waals surface area contributed by atoms with E-state index in [2.05, 4.69) is 30.8 Å². The Balaban J connectivity index is 0.000000263. The number of isocyanates is 2. The summed E-state index contributed by atoms with van der Waals surface area (Å²) in [4.78, 5) is 27.7. The first-order chi connectivity index (χ1) is 12.1. The van der Waals surface area contributed by atoms with Gasteiger partial charge in [-0.15, -0.1) is 0 Å². The Morgan fingerprint density at radius 1 is 0.769 bits per heavy atom. The molecule has 136 valence electrons. The van der Waals surface area contributed by atoms with Crippen molar-refractivity contribution in [2.45, 2.75) is 53.9 Å². The van der Waals surface area contributed by atoms with Gasteiger partial charge in [0.2, 0.25) is 12.2 Å². The van der Waals surface area contributed by atoms with Crippen molar-refractivity contribution in [1.82, 2.24) is 0 Å². The lowest BCUT2D eigenvalue weighted by Crippen LogP contribution is -2.11. The van der Waals surface area contributed by atoms with E-state index < -0.39 is 0 Å². The number of nitrogens with zero attached hydrogens (tertiary/aromatic N) is 2. The van der Waals surface area contributed by atoms with Crippen LogP contribution in [0.15, 0.2) is 40.3 Å². The van der Waals surface area contributed by atoms with Gasteiger partial charge in [-0.05, 0) is 67.0 Å². The van der Waals surface area contributed by atoms with Crippen molar-refractivity contribution in [2.24, 2.45) is 9.98 Å². The molecule has 4 heteroatoms. The van der Waals surface area contributed by atoms with Crippen LogP contribution in [0.4, 0.5) is 11.4 Å². The third-order valence-electron chi connectivity index (χ3n) is 4.18. The molecule has 0 aliphatic heterocycles. The molecule has 26 heavy (non-hydrogen) atoms. The van der Waals surface area contributed by atoms with Crippen molar-refractivity contribution in [3.05, 3.63) is 58.1 Å². The molecule has 0 unspecified atom stereocenters. The summed E-state index contributed by atoms with van der Waals surface area (Å²) in [6.45, 7) is 14.2. The molecule has 0 fully saturated rings. The van der Waals surface area contributed by atoms with Gasteiger partial charge in [0.05, 0.1) is 11.4 Å². The maximum Gasteiger partial charge on any atom is 0.240 e. The van der Waals surface area contributed by atoms with Crippen molar-refractivity contribution < 1.29 is 9.59 Å². The SMILES string of the molecule is Cc1cc(C)c(N=C=O)cc1C.Cc1cccc(C(C)(C)C)c1N=C=O. The third kappa shape index (κ3) is 5.63. The Bertz CT molecular complexity index is 880. The van der Waals surface area contributed by atoms with Gasteiger partial charge in [0, 0.05) is 0 Å². The van der Waals surface area contributed by atoms with E-state index in [4.69, 9.17) is 0 Å². The van der Waals surface area contributed by atoms with Crippen LogP contribution in [0, 0.1) is 27.7 Å². The van der Waals surface area contributed by atoms with Crippen LogP contribution in [0.1, 0.15) is 48.6 Å². The van der Waals surface area contributed by atoms with Crippen molar-refractivity contribution in [2.75, 3.05) is 0 Å². The van der Waals surface area contributed by atoms with Gasteiger partial charge in [0.15, 0.2) is 0 Å². The second kappa shape index (κ2) is 9.05. The first-order valence-electron chi connectivity index (χ1n) is 8.45. The zero-order chi connectivity index (χ0) is 19.9. The van der Waals surface area contributed by atoms with Crippen LogP contribution < -0.4 is 0 Å². The number of rotatable bonds is 2. The Morgan fingerprint density at radius 3 is 1.88 bits per heavy atom. The van der Waals surface area contributed by atoms with Gasteiger partial charge in [-0.3, -0.25) is 0 Å². The van der Waals surface area contributed by atoms with Crippen LogP contribution in [0.2, 0.25) is 0 Å². The summed E-state index contributed by atoms with van der Waals surface area (Å²) in [7, 11) is 0. The van der Waals surface area contributed by atoms with Crippen LogP contribution in [-0.2, 0) is 15.0 Å². The van der Waals surface area contributed by atoms with Gasteiger partial charge in [-0.25, -0.2) is 9.59 Å². The van der Waals surface area contributed by atoms with Crippen molar-refractivity contribution in [3.63, 3.8) is 0 Å². The topological polar surface area (TPSA) is 58.9 Å². The number of para-hydroxylation sites is 1. The minimum absolute atomic E-state index is 0.00169. The molecule has 0 radical (unpaired) electrons. The number of aryl methyl sites for hydroxylation is 4. The van der Waals surface area contributed by atoms with Crippen LogP contribution >= 0.6 is 0 Å². The number of hydrogen-bond acceptors (Lipinski definition) is 4. The van der Waals surface area contributed by atoms with Gasteiger partial charge < -0.3 is 0 Å². The minimum Gasteiger partial charge on any atom is -0.211 e. The lowest BCUT2D eigenvalue weighted by Gasteiger charge is -2.21. The molecule has 0 bridgehead atoms. The molecular formula is C22H26N2O2. The zero-order valence-corrected chi connectivity index (χ0v) is 16.6. The molecule has 2 aromatic carbocycles. The Kier molecular flexibility index (Phi) is 7.40. The van der Waals surface area contributed by atoms with E-state index in [9.17, 15) is 9.59 Å². The molecule has 0 saturated heterocycles. The highest BCUT2D eigenvalue weighted by atomic mass is 16.1. The standard InChI is InChI=1S/C12H15NO.C10H11NO/c1-9-6-5-7-10(12(2,3)4)11(9)13-8-14;1-7-4-9(3)10(11-6-12)5-8(7)2/h5-7H,1-4H3;4-5H,1-3H3. The van der Waals surface area contributed by atoms with Gasteiger partial charge in [0.1, 0.15) is 0 Å². The van der Waals surface area contributed by atoms with Gasteiger partial charge in [-0.2, -0.15) is 9.98 Å². The fourth-order valence-electron chi connectivity index (χ4n) is 2.57. The Hall–Kier alpha value is -2.80. The number of carbonyl (C=O) groups excluding carboxylic acids is 2. The number of benzene rings is 2. The molecule has 0 aliphatic carbocycles. The quantitative estimate of drug-likeness (QED) is 0.504. The molecule has 2 rings (SSSR count). The maximum atomic E-state index is 10.3. The summed E-state index contributed by atoms with van der Waals surface area (Å²) in [6.07, 6.45) is 3.16. The minimum atomic E-state index is 0.00169. The monoisotopic (exact) mass is 350 g/mol. The van der Waals surface area contributed by atoms with E-state index in [1.54, 1.807) is 12.2 Å². The van der Waals surface area contributed by atoms with E-state index in [0.717, 1.165) is 27.9 Å². The molecule has 0 amide bonds. The van der Waals surface area contributed by atoms with Crippen molar-refractivity contribution in [1.29, 1.82) is 0 Å². The lowest BCUT2D eigenvalue weighted by molar-refractivity contribution is 0.564. The smallest absolute Gasteiger partial charge is 0.211 e. The van der Waals surface area contributed by atoms with E-state index in [-0.39, 0.29) is 5.41 Å². The summed E-state index contributed by atoms with van der Waals surface area (Å²) >= 11 is 0. The second-order valence-corrected chi connectivity index (χ2v) is 7.35. The van der Waals surface area contributed by atoms with Gasteiger partial charge in [0.25, 0.3) is 0 Å². The molecule has 0 aliphatic rings. The van der Waals surface area contributed by atoms with E-state index in [1.807, 2.05) is 58.0 Å². The largest absolute Gasteiger partial charge is 0.240 e. The Labute approximate surface area is 155 Å². The summed E-state index contributed by atoms with van der Waals surface area (Å²) in [5.41, 5.74) is 6.96. The first kappa shape index (κ1) is 21.2. The van der Waals surface area contributed by atoms with Crippen molar-refractivity contribution >= 4 is 23.5 Å². The van der Waals surface area contributed by atoms with Crippen LogP contribution in [-0.4, -0.2) is 12.2 Å². The highest BCUT2D eigenvalue weighted by Crippen LogP contribution is 2.33. The molecular weight excluding hydrogens is 324 g/mol. The molecule has 0 aromatic heterocycles. The highest BCUT2D eigenvalue weighted by molar-refractivity contribution is 5.60. The third-order valence-corrected chi connectivity index (χ3v) is 4.18. The number of hydrogen-bond donors (Lipinski definition) is 0. The van der Waals surface area contributed by atoms with Crippen LogP contribution in [0.25, 0.3) is 0 Å². The molecule has 0 saturated carbocycles. The first-order valence-corrected chi connectivity index (χ1v) is 8.45. The van der Waals surface area contributed by atoms with Crippen LogP contribution in [0.3, 0.4) is 0 Å². The Morgan fingerprint density at radius 2 is 1.35 bits per heavy atom. The predicted molar refractivity (Wildman–Crippen MR) is 106 cm³/mol. The van der Waals surface area contributed by atoms with E-state index in [0.29, 0.717) is 5.69 Å². The van der Waals surface area contributed by atoms with Gasteiger partial charge in [-0.1, -0.05) is 45.0 Å². The molecule has 4 nitrogen and oxygen atoms in total. The predicted octanol–water partition coefficient (Wildman–Crippen LogP) is 5.84. The van der Waals surface area contributed by atoms with Crippen molar-refractivity contribution in [3.8, 4) is 0 Å². The molecule has 2 aromatic rings. The highest BCUT2D eigenvalue weighted by Gasteiger charge is 2.18. The lowest BCUT2D eigenvalue weighted by atomic mass is 9.85. The zero-order valence-electron chi connectivity index (χ0n) is 16.6. The molecule has 0 heterocycles. The normalized spacial score (nSPS) is 10.1.